The summed E-state index contributed by atoms with van der Waals surface area (Å²) in [6, 6.07) is 7.80. The molecule has 1 heterocycles. The van der Waals surface area contributed by atoms with Gasteiger partial charge in [-0.15, -0.1) is 0 Å². The minimum atomic E-state index is 0.124. The molecule has 1 saturated heterocycles. The number of carbonyl (C=O) groups is 1. The van der Waals surface area contributed by atoms with Crippen molar-refractivity contribution in [2.24, 2.45) is 5.73 Å². The van der Waals surface area contributed by atoms with Crippen LogP contribution in [-0.4, -0.2) is 43.2 Å². The van der Waals surface area contributed by atoms with Crippen LogP contribution >= 0.6 is 0 Å². The normalized spacial score (nSPS) is 16.4. The molecule has 0 spiro atoms. The average Bonchev–Trinajstić information content (AvgIpc) is 2.48. The molecule has 0 aliphatic carbocycles. The average molecular weight is 276 g/mol. The molecule has 1 aliphatic heterocycles. The predicted octanol–water partition coefficient (Wildman–Crippen LogP) is 1.83. The molecule has 0 aromatic heterocycles. The second-order valence-corrected chi connectivity index (χ2v) is 5.19. The lowest BCUT2D eigenvalue weighted by Crippen LogP contribution is -2.40. The van der Waals surface area contributed by atoms with Crippen LogP contribution in [0.3, 0.4) is 0 Å². The van der Waals surface area contributed by atoms with Crippen molar-refractivity contribution in [3.63, 3.8) is 0 Å². The molecule has 0 unspecified atom stereocenters. The predicted molar refractivity (Wildman–Crippen MR) is 79.8 cm³/mol. The van der Waals surface area contributed by atoms with Gasteiger partial charge in [-0.3, -0.25) is 4.79 Å². The second-order valence-electron chi connectivity index (χ2n) is 5.19. The first kappa shape index (κ1) is 15.0. The number of likely N-dealkylation sites (tertiary alicyclic amines) is 1. The van der Waals surface area contributed by atoms with Crippen molar-refractivity contribution in [2.45, 2.75) is 32.3 Å². The quantitative estimate of drug-likeness (QED) is 0.892. The minimum Gasteiger partial charge on any atom is -0.378 e. The van der Waals surface area contributed by atoms with Crippen LogP contribution in [0.1, 0.15) is 35.7 Å². The fourth-order valence-electron chi connectivity index (χ4n) is 2.67. The molecular weight excluding hydrogens is 252 g/mol. The second kappa shape index (κ2) is 7.41. The Morgan fingerprint density at radius 2 is 2.15 bits per heavy atom. The maximum absolute atomic E-state index is 12.5. The number of rotatable bonds is 5. The lowest BCUT2D eigenvalue weighted by molar-refractivity contribution is 0.0146. The number of hydrogen-bond donors (Lipinski definition) is 1. The molecular formula is C16H24N2O2. The third-order valence-electron chi connectivity index (χ3n) is 3.74. The molecule has 1 aliphatic rings. The van der Waals surface area contributed by atoms with Crippen molar-refractivity contribution in [3.8, 4) is 0 Å². The topological polar surface area (TPSA) is 55.6 Å². The zero-order valence-corrected chi connectivity index (χ0v) is 12.2. The van der Waals surface area contributed by atoms with Gasteiger partial charge >= 0.3 is 0 Å². The van der Waals surface area contributed by atoms with Gasteiger partial charge in [0.1, 0.15) is 0 Å². The Labute approximate surface area is 120 Å². The number of benzene rings is 1. The van der Waals surface area contributed by atoms with Crippen LogP contribution < -0.4 is 5.73 Å². The highest BCUT2D eigenvalue weighted by atomic mass is 16.5. The molecule has 1 aromatic carbocycles. The largest absolute Gasteiger partial charge is 0.378 e. The molecule has 1 amide bonds. The van der Waals surface area contributed by atoms with Crippen LogP contribution in [0.5, 0.6) is 0 Å². The summed E-state index contributed by atoms with van der Waals surface area (Å²) < 4.78 is 5.62. The van der Waals surface area contributed by atoms with Gasteiger partial charge in [-0.1, -0.05) is 12.1 Å². The highest BCUT2D eigenvalue weighted by Crippen LogP contribution is 2.17. The number of hydrogen-bond acceptors (Lipinski definition) is 3. The first-order valence-electron chi connectivity index (χ1n) is 7.44. The highest BCUT2D eigenvalue weighted by Gasteiger charge is 2.23. The Bertz CT molecular complexity index is 440. The Hall–Kier alpha value is -1.39. The van der Waals surface area contributed by atoms with E-state index >= 15 is 0 Å². The summed E-state index contributed by atoms with van der Waals surface area (Å²) >= 11 is 0. The standard InChI is InChI=1S/C16H24N2O2/c1-2-20-15-7-10-18(11-8-15)16(19)14-5-3-4-13(12-14)6-9-17/h3-5,12,15H,2,6-11,17H2,1H3. The van der Waals surface area contributed by atoms with E-state index in [0.717, 1.165) is 50.1 Å². The van der Waals surface area contributed by atoms with Crippen molar-refractivity contribution in [2.75, 3.05) is 26.2 Å². The first-order chi connectivity index (χ1) is 9.74. The van der Waals surface area contributed by atoms with Crippen LogP contribution in [0.25, 0.3) is 0 Å². The maximum atomic E-state index is 12.5. The number of piperidine rings is 1. The van der Waals surface area contributed by atoms with Gasteiger partial charge in [0.15, 0.2) is 0 Å². The fraction of sp³-hybridized carbons (Fsp3) is 0.562. The summed E-state index contributed by atoms with van der Waals surface area (Å²) in [5, 5.41) is 0. The molecule has 0 radical (unpaired) electrons. The summed E-state index contributed by atoms with van der Waals surface area (Å²) in [6.45, 7) is 4.94. The zero-order valence-electron chi connectivity index (χ0n) is 12.2. The third kappa shape index (κ3) is 3.81. The molecule has 0 saturated carbocycles. The number of carbonyl (C=O) groups excluding carboxylic acids is 1. The van der Waals surface area contributed by atoms with E-state index < -0.39 is 0 Å². The van der Waals surface area contributed by atoms with Crippen molar-refractivity contribution in [1.29, 1.82) is 0 Å². The van der Waals surface area contributed by atoms with Gasteiger partial charge in [0.05, 0.1) is 6.10 Å². The Balaban J connectivity index is 1.96. The SMILES string of the molecule is CCOC1CCN(C(=O)c2cccc(CCN)c2)CC1. The summed E-state index contributed by atoms with van der Waals surface area (Å²) in [6.07, 6.45) is 2.99. The third-order valence-corrected chi connectivity index (χ3v) is 3.74. The van der Waals surface area contributed by atoms with E-state index in [1.807, 2.05) is 36.1 Å². The number of nitrogens with two attached hydrogens (primary N) is 1. The van der Waals surface area contributed by atoms with Crippen LogP contribution in [0, 0.1) is 0 Å². The molecule has 4 nitrogen and oxygen atoms in total. The maximum Gasteiger partial charge on any atom is 0.253 e. The number of ether oxygens (including phenoxy) is 1. The summed E-state index contributed by atoms with van der Waals surface area (Å²) in [7, 11) is 0. The Kier molecular flexibility index (Phi) is 5.56. The molecule has 20 heavy (non-hydrogen) atoms. The summed E-state index contributed by atoms with van der Waals surface area (Å²) in [5.41, 5.74) is 7.46. The van der Waals surface area contributed by atoms with Gasteiger partial charge in [0.25, 0.3) is 5.91 Å². The van der Waals surface area contributed by atoms with Gasteiger partial charge in [-0.25, -0.2) is 0 Å². The van der Waals surface area contributed by atoms with Crippen LogP contribution in [0.4, 0.5) is 0 Å². The molecule has 0 bridgehead atoms. The molecule has 1 aromatic rings. The smallest absolute Gasteiger partial charge is 0.253 e. The zero-order chi connectivity index (χ0) is 14.4. The van der Waals surface area contributed by atoms with Gasteiger partial charge < -0.3 is 15.4 Å². The molecule has 110 valence electrons. The monoisotopic (exact) mass is 276 g/mol. The molecule has 0 atom stereocenters. The van der Waals surface area contributed by atoms with Crippen LogP contribution in [0.15, 0.2) is 24.3 Å². The molecule has 1 fully saturated rings. The molecule has 2 N–H and O–H groups in total. The van der Waals surface area contributed by atoms with E-state index in [2.05, 4.69) is 0 Å². The van der Waals surface area contributed by atoms with Crippen molar-refractivity contribution in [3.05, 3.63) is 35.4 Å². The first-order valence-corrected chi connectivity index (χ1v) is 7.44. The van der Waals surface area contributed by atoms with E-state index in [1.165, 1.54) is 0 Å². The van der Waals surface area contributed by atoms with E-state index in [1.54, 1.807) is 0 Å². The van der Waals surface area contributed by atoms with Gasteiger partial charge in [-0.2, -0.15) is 0 Å². The minimum absolute atomic E-state index is 0.124. The van der Waals surface area contributed by atoms with E-state index in [4.69, 9.17) is 10.5 Å². The van der Waals surface area contributed by atoms with E-state index in [9.17, 15) is 4.79 Å². The fourth-order valence-corrected chi connectivity index (χ4v) is 2.67. The lowest BCUT2D eigenvalue weighted by atomic mass is 10.0. The summed E-state index contributed by atoms with van der Waals surface area (Å²) in [4.78, 5) is 14.4. The lowest BCUT2D eigenvalue weighted by Gasteiger charge is -2.31. The Morgan fingerprint density at radius 1 is 1.40 bits per heavy atom. The molecule has 2 rings (SSSR count). The van der Waals surface area contributed by atoms with Gasteiger partial charge in [-0.05, 0) is 50.4 Å². The summed E-state index contributed by atoms with van der Waals surface area (Å²) in [5.74, 6) is 0.124. The van der Waals surface area contributed by atoms with E-state index in [0.29, 0.717) is 12.6 Å². The van der Waals surface area contributed by atoms with Crippen molar-refractivity contribution >= 4 is 5.91 Å². The van der Waals surface area contributed by atoms with E-state index in [-0.39, 0.29) is 5.91 Å². The van der Waals surface area contributed by atoms with Gasteiger partial charge in [0, 0.05) is 25.3 Å². The highest BCUT2D eigenvalue weighted by molar-refractivity contribution is 5.94. The molecule has 4 heteroatoms. The Morgan fingerprint density at radius 3 is 2.80 bits per heavy atom. The van der Waals surface area contributed by atoms with Crippen molar-refractivity contribution < 1.29 is 9.53 Å². The number of nitrogens with zero attached hydrogens (tertiary/aromatic N) is 1. The van der Waals surface area contributed by atoms with Gasteiger partial charge in [0.2, 0.25) is 0 Å². The van der Waals surface area contributed by atoms with Crippen molar-refractivity contribution in [1.82, 2.24) is 4.90 Å². The number of amides is 1. The van der Waals surface area contributed by atoms with Crippen LogP contribution in [-0.2, 0) is 11.2 Å². The van der Waals surface area contributed by atoms with Crippen LogP contribution in [0.2, 0.25) is 0 Å².